The lowest BCUT2D eigenvalue weighted by Gasteiger charge is -2.18. The van der Waals surface area contributed by atoms with Gasteiger partial charge >= 0.3 is 0 Å². The highest BCUT2D eigenvalue weighted by atomic mass is 35.5. The summed E-state index contributed by atoms with van der Waals surface area (Å²) in [5, 5.41) is 0. The maximum absolute atomic E-state index is 12.6. The Kier molecular flexibility index (Phi) is 8.00. The van der Waals surface area contributed by atoms with E-state index in [1.54, 1.807) is 0 Å². The van der Waals surface area contributed by atoms with E-state index >= 15 is 0 Å². The Hall–Kier alpha value is -0.810. The second-order valence-corrected chi connectivity index (χ2v) is 6.76. The van der Waals surface area contributed by atoms with Crippen LogP contribution in [0, 0.1) is 5.92 Å². The Morgan fingerprint density at radius 3 is 2.50 bits per heavy atom. The lowest BCUT2D eigenvalue weighted by atomic mass is 9.98. The molecule has 3 rings (SSSR count). The van der Waals surface area contributed by atoms with Crippen molar-refractivity contribution in [3.05, 3.63) is 29.3 Å². The third-order valence-corrected chi connectivity index (χ3v) is 5.12. The van der Waals surface area contributed by atoms with E-state index in [0.717, 1.165) is 44.5 Å². The van der Waals surface area contributed by atoms with E-state index in [1.165, 1.54) is 11.1 Å². The zero-order valence-corrected chi connectivity index (χ0v) is 16.2. The summed E-state index contributed by atoms with van der Waals surface area (Å²) < 4.78 is 0. The van der Waals surface area contributed by atoms with Gasteiger partial charge in [-0.3, -0.25) is 4.79 Å². The predicted octanol–water partition coefficient (Wildman–Crippen LogP) is 2.65. The van der Waals surface area contributed by atoms with Crippen LogP contribution >= 0.6 is 24.8 Å². The van der Waals surface area contributed by atoms with Gasteiger partial charge in [0.15, 0.2) is 0 Å². The molecule has 1 aromatic carbocycles. The number of carbonyl (C=O) groups is 1. The molecule has 0 unspecified atom stereocenters. The zero-order chi connectivity index (χ0) is 15.7. The standard InChI is InChI=1S/C18H27N3O.2ClH/c1-3-4-16-17(19)12-21(18(16)22)15-6-5-13-7-9-20(2)10-8-14(13)11-15;;/h5-6,11,16-17H,3-4,7-10,12,19H2,1-2H3;2*1H/t16-,17+;;/m1../s1. The van der Waals surface area contributed by atoms with Crippen LogP contribution in [0.15, 0.2) is 18.2 Å². The Balaban J connectivity index is 0.00000144. The maximum Gasteiger partial charge on any atom is 0.231 e. The fourth-order valence-electron chi connectivity index (χ4n) is 3.68. The number of hydrogen-bond acceptors (Lipinski definition) is 3. The Morgan fingerprint density at radius 1 is 1.17 bits per heavy atom. The van der Waals surface area contributed by atoms with E-state index in [2.05, 4.69) is 37.1 Å². The van der Waals surface area contributed by atoms with Crippen molar-refractivity contribution in [1.29, 1.82) is 0 Å². The van der Waals surface area contributed by atoms with E-state index in [9.17, 15) is 4.79 Å². The van der Waals surface area contributed by atoms with Crippen LogP contribution in [-0.2, 0) is 17.6 Å². The van der Waals surface area contributed by atoms with Crippen LogP contribution in [0.25, 0.3) is 0 Å². The van der Waals surface area contributed by atoms with Gasteiger partial charge in [0.05, 0.1) is 5.92 Å². The smallest absolute Gasteiger partial charge is 0.231 e. The molecular weight excluding hydrogens is 345 g/mol. The first-order valence-corrected chi connectivity index (χ1v) is 8.47. The molecule has 1 fully saturated rings. The van der Waals surface area contributed by atoms with Gasteiger partial charge in [0.25, 0.3) is 0 Å². The topological polar surface area (TPSA) is 49.6 Å². The number of fused-ring (bicyclic) bond motifs is 1. The molecule has 136 valence electrons. The molecule has 24 heavy (non-hydrogen) atoms. The molecule has 1 amide bonds. The lowest BCUT2D eigenvalue weighted by molar-refractivity contribution is -0.120. The molecule has 1 saturated heterocycles. The quantitative estimate of drug-likeness (QED) is 0.885. The molecule has 0 spiro atoms. The number of rotatable bonds is 3. The number of benzene rings is 1. The van der Waals surface area contributed by atoms with Crippen molar-refractivity contribution < 1.29 is 4.79 Å². The number of nitrogens with zero attached hydrogens (tertiary/aromatic N) is 2. The van der Waals surface area contributed by atoms with Crippen LogP contribution in [0.5, 0.6) is 0 Å². The minimum atomic E-state index is -0.0302. The highest BCUT2D eigenvalue weighted by molar-refractivity contribution is 5.98. The highest BCUT2D eigenvalue weighted by Gasteiger charge is 2.38. The van der Waals surface area contributed by atoms with Crippen molar-refractivity contribution in [2.24, 2.45) is 11.7 Å². The van der Waals surface area contributed by atoms with Crippen molar-refractivity contribution in [3.8, 4) is 0 Å². The van der Waals surface area contributed by atoms with E-state index < -0.39 is 0 Å². The summed E-state index contributed by atoms with van der Waals surface area (Å²) >= 11 is 0. The molecule has 2 atom stereocenters. The molecule has 0 saturated carbocycles. The van der Waals surface area contributed by atoms with Crippen molar-refractivity contribution in [1.82, 2.24) is 4.90 Å². The number of carbonyl (C=O) groups excluding carboxylic acids is 1. The first kappa shape index (κ1) is 21.2. The molecule has 6 heteroatoms. The average molecular weight is 374 g/mol. The van der Waals surface area contributed by atoms with Crippen molar-refractivity contribution in [2.75, 3.05) is 31.6 Å². The second-order valence-electron chi connectivity index (χ2n) is 6.76. The number of likely N-dealkylation sites (N-methyl/N-ethyl adjacent to an activating group) is 1. The predicted molar refractivity (Wildman–Crippen MR) is 105 cm³/mol. The number of nitrogens with two attached hydrogens (primary N) is 1. The summed E-state index contributed by atoms with van der Waals surface area (Å²) in [4.78, 5) is 16.9. The van der Waals surface area contributed by atoms with E-state index in [4.69, 9.17) is 5.73 Å². The van der Waals surface area contributed by atoms with Crippen molar-refractivity contribution in [2.45, 2.75) is 38.6 Å². The normalized spacial score (nSPS) is 24.0. The Labute approximate surface area is 157 Å². The summed E-state index contributed by atoms with van der Waals surface area (Å²) in [6, 6.07) is 6.49. The number of hydrogen-bond donors (Lipinski definition) is 1. The minimum absolute atomic E-state index is 0. The molecule has 0 radical (unpaired) electrons. The number of amides is 1. The largest absolute Gasteiger partial charge is 0.325 e. The average Bonchev–Trinajstić information content (AvgIpc) is 2.69. The first-order chi connectivity index (χ1) is 10.6. The third kappa shape index (κ3) is 4.23. The third-order valence-electron chi connectivity index (χ3n) is 5.12. The highest BCUT2D eigenvalue weighted by Crippen LogP contribution is 2.29. The van der Waals surface area contributed by atoms with E-state index in [1.807, 2.05) is 4.90 Å². The monoisotopic (exact) mass is 373 g/mol. The van der Waals surface area contributed by atoms with Crippen LogP contribution in [0.3, 0.4) is 0 Å². The van der Waals surface area contributed by atoms with Gasteiger partial charge in [-0.25, -0.2) is 0 Å². The van der Waals surface area contributed by atoms with Gasteiger partial charge in [0.1, 0.15) is 0 Å². The van der Waals surface area contributed by atoms with Crippen LogP contribution in [0.1, 0.15) is 30.9 Å². The summed E-state index contributed by atoms with van der Waals surface area (Å²) in [6.45, 7) is 4.96. The zero-order valence-electron chi connectivity index (χ0n) is 14.5. The second kappa shape index (κ2) is 9.04. The first-order valence-electron chi connectivity index (χ1n) is 8.47. The molecule has 2 N–H and O–H groups in total. The molecule has 4 nitrogen and oxygen atoms in total. The van der Waals surface area contributed by atoms with Crippen LogP contribution in [0.4, 0.5) is 5.69 Å². The minimum Gasteiger partial charge on any atom is -0.325 e. The van der Waals surface area contributed by atoms with Crippen LogP contribution in [0.2, 0.25) is 0 Å². The molecule has 1 aromatic rings. The van der Waals surface area contributed by atoms with Gasteiger partial charge in [-0.1, -0.05) is 19.4 Å². The SMILES string of the molecule is CCC[C@H]1C(=O)N(c2ccc3c(c2)CCN(C)CC3)C[C@@H]1N.Cl.Cl. The van der Waals surface area contributed by atoms with Gasteiger partial charge in [-0.05, 0) is 49.6 Å². The Morgan fingerprint density at radius 2 is 1.83 bits per heavy atom. The van der Waals surface area contributed by atoms with Crippen LogP contribution in [-0.4, -0.2) is 43.5 Å². The van der Waals surface area contributed by atoms with E-state index in [-0.39, 0.29) is 42.7 Å². The summed E-state index contributed by atoms with van der Waals surface area (Å²) in [5.41, 5.74) is 10.0. The summed E-state index contributed by atoms with van der Waals surface area (Å²) in [6.07, 6.45) is 4.06. The fourth-order valence-corrected chi connectivity index (χ4v) is 3.68. The number of anilines is 1. The molecule has 0 bridgehead atoms. The summed E-state index contributed by atoms with van der Waals surface area (Å²) in [5.74, 6) is 0.204. The van der Waals surface area contributed by atoms with E-state index in [0.29, 0.717) is 6.54 Å². The van der Waals surface area contributed by atoms with Crippen molar-refractivity contribution >= 4 is 36.4 Å². The Bertz CT molecular complexity index is 567. The molecule has 2 aliphatic heterocycles. The molecular formula is C18H29Cl2N3O. The van der Waals surface area contributed by atoms with Gasteiger partial charge in [0.2, 0.25) is 5.91 Å². The van der Waals surface area contributed by atoms with Gasteiger partial charge in [-0.2, -0.15) is 0 Å². The van der Waals surface area contributed by atoms with Crippen molar-refractivity contribution in [3.63, 3.8) is 0 Å². The lowest BCUT2D eigenvalue weighted by Crippen LogP contribution is -2.29. The molecule has 2 aliphatic rings. The summed E-state index contributed by atoms with van der Waals surface area (Å²) in [7, 11) is 2.17. The molecule has 0 aromatic heterocycles. The molecule has 0 aliphatic carbocycles. The van der Waals surface area contributed by atoms with Crippen LogP contribution < -0.4 is 10.6 Å². The number of halogens is 2. The maximum atomic E-state index is 12.6. The fraction of sp³-hybridized carbons (Fsp3) is 0.611. The van der Waals surface area contributed by atoms with Gasteiger partial charge in [0, 0.05) is 31.4 Å². The van der Waals surface area contributed by atoms with Gasteiger partial charge in [-0.15, -0.1) is 24.8 Å². The van der Waals surface area contributed by atoms with Gasteiger partial charge < -0.3 is 15.5 Å². The molecule has 2 heterocycles.